The van der Waals surface area contributed by atoms with Gasteiger partial charge in [-0.3, -0.25) is 9.78 Å². The zero-order valence-electron chi connectivity index (χ0n) is 13.0. The van der Waals surface area contributed by atoms with Crippen LogP contribution < -0.4 is 15.7 Å². The van der Waals surface area contributed by atoms with Crippen molar-refractivity contribution < 1.29 is 4.74 Å². The molecule has 0 aliphatic carbocycles. The van der Waals surface area contributed by atoms with E-state index in [-0.39, 0.29) is 11.5 Å². The van der Waals surface area contributed by atoms with E-state index in [0.29, 0.717) is 16.4 Å². The zero-order valence-corrected chi connectivity index (χ0v) is 13.8. The normalized spacial score (nSPS) is 11.1. The molecule has 0 radical (unpaired) electrons. The highest BCUT2D eigenvalue weighted by Gasteiger charge is 2.05. The minimum Gasteiger partial charge on any atom is -0.497 e. The van der Waals surface area contributed by atoms with Gasteiger partial charge >= 0.3 is 0 Å². The van der Waals surface area contributed by atoms with Crippen molar-refractivity contribution in [1.82, 2.24) is 15.0 Å². The van der Waals surface area contributed by atoms with Crippen molar-refractivity contribution in [2.45, 2.75) is 6.92 Å². The van der Waals surface area contributed by atoms with Crippen LogP contribution in [0, 0.1) is 6.92 Å². The first kappa shape index (κ1) is 15.9. The van der Waals surface area contributed by atoms with Crippen LogP contribution in [-0.2, 0) is 0 Å². The first-order chi connectivity index (χ1) is 11.5. The number of aryl methyl sites for hydroxylation is 1. The highest BCUT2D eigenvalue weighted by molar-refractivity contribution is 6.32. The summed E-state index contributed by atoms with van der Waals surface area (Å²) in [4.78, 5) is 22.3. The average molecular weight is 344 g/mol. The Morgan fingerprint density at radius 3 is 2.88 bits per heavy atom. The van der Waals surface area contributed by atoms with E-state index in [9.17, 15) is 4.79 Å². The van der Waals surface area contributed by atoms with Crippen LogP contribution in [0.4, 0.5) is 5.95 Å². The average Bonchev–Trinajstić information content (AvgIpc) is 2.54. The van der Waals surface area contributed by atoms with Gasteiger partial charge in [0, 0.05) is 22.7 Å². The van der Waals surface area contributed by atoms with E-state index in [1.807, 2.05) is 24.3 Å². The lowest BCUT2D eigenvalue weighted by Crippen LogP contribution is -2.10. The monoisotopic (exact) mass is 343 g/mol. The van der Waals surface area contributed by atoms with Gasteiger partial charge in [-0.1, -0.05) is 11.6 Å². The first-order valence-corrected chi connectivity index (χ1v) is 7.44. The number of H-pyrrole nitrogens is 1. The van der Waals surface area contributed by atoms with E-state index in [1.54, 1.807) is 14.0 Å². The molecule has 2 aromatic heterocycles. The summed E-state index contributed by atoms with van der Waals surface area (Å²) in [7, 11) is 1.60. The van der Waals surface area contributed by atoms with Gasteiger partial charge in [0.25, 0.3) is 5.56 Å². The molecular weight excluding hydrogens is 330 g/mol. The summed E-state index contributed by atoms with van der Waals surface area (Å²) >= 11 is 6.17. The Morgan fingerprint density at radius 2 is 2.12 bits per heavy atom. The number of anilines is 1. The lowest BCUT2D eigenvalue weighted by molar-refractivity contribution is 0.415. The molecule has 0 unspecified atom stereocenters. The maximum atomic E-state index is 11.4. The number of hydrogen-bond acceptors (Lipinski definition) is 6. The molecule has 0 fully saturated rings. The van der Waals surface area contributed by atoms with Crippen molar-refractivity contribution in [2.75, 3.05) is 12.5 Å². The number of nitrogens with zero attached hydrogens (tertiary/aromatic N) is 3. The second-order valence-electron chi connectivity index (χ2n) is 5.03. The van der Waals surface area contributed by atoms with Gasteiger partial charge in [-0.2, -0.15) is 5.10 Å². The summed E-state index contributed by atoms with van der Waals surface area (Å²) in [5, 5.41) is 5.24. The molecule has 2 heterocycles. The van der Waals surface area contributed by atoms with Gasteiger partial charge in [0.2, 0.25) is 5.95 Å². The SMILES string of the molecule is COc1ccc2nc(Cl)c(/C=N\Nc3nc(C)cc(=O)[nH]3)cc2c1. The summed E-state index contributed by atoms with van der Waals surface area (Å²) in [5.41, 5.74) is 4.39. The highest BCUT2D eigenvalue weighted by Crippen LogP contribution is 2.23. The number of hydrogen-bond donors (Lipinski definition) is 2. The molecule has 0 aliphatic rings. The molecule has 0 saturated heterocycles. The van der Waals surface area contributed by atoms with Gasteiger partial charge in [-0.05, 0) is 31.2 Å². The lowest BCUT2D eigenvalue weighted by Gasteiger charge is -2.05. The Balaban J connectivity index is 1.88. The van der Waals surface area contributed by atoms with Gasteiger partial charge in [-0.25, -0.2) is 15.4 Å². The third-order valence-corrected chi connectivity index (χ3v) is 3.55. The van der Waals surface area contributed by atoms with Gasteiger partial charge in [-0.15, -0.1) is 0 Å². The Labute approximate surface area is 142 Å². The molecule has 0 bridgehead atoms. The molecule has 1 aromatic carbocycles. The standard InChI is InChI=1S/C16H14ClN5O2/c1-9-5-14(23)21-16(19-9)22-18-8-11-6-10-7-12(24-2)3-4-13(10)20-15(11)17/h3-8H,1-2H3,(H2,19,21,22,23)/b18-8-. The molecule has 0 atom stereocenters. The third kappa shape index (κ3) is 3.52. The van der Waals surface area contributed by atoms with E-state index < -0.39 is 0 Å². The largest absolute Gasteiger partial charge is 0.497 e. The molecule has 7 nitrogen and oxygen atoms in total. The predicted octanol–water partition coefficient (Wildman–Crippen LogP) is 2.73. The number of hydrazone groups is 1. The second-order valence-corrected chi connectivity index (χ2v) is 5.39. The highest BCUT2D eigenvalue weighted by atomic mass is 35.5. The summed E-state index contributed by atoms with van der Waals surface area (Å²) < 4.78 is 5.21. The van der Waals surface area contributed by atoms with Crippen molar-refractivity contribution in [1.29, 1.82) is 0 Å². The van der Waals surface area contributed by atoms with Gasteiger partial charge in [0.15, 0.2) is 0 Å². The minimum absolute atomic E-state index is 0.252. The zero-order chi connectivity index (χ0) is 17.1. The minimum atomic E-state index is -0.252. The van der Waals surface area contributed by atoms with Crippen LogP contribution >= 0.6 is 11.6 Å². The van der Waals surface area contributed by atoms with E-state index in [2.05, 4.69) is 25.5 Å². The third-order valence-electron chi connectivity index (χ3n) is 3.25. The Kier molecular flexibility index (Phi) is 4.43. The summed E-state index contributed by atoms with van der Waals surface area (Å²) in [6.07, 6.45) is 1.51. The van der Waals surface area contributed by atoms with Crippen molar-refractivity contribution in [3.8, 4) is 5.75 Å². The fourth-order valence-corrected chi connectivity index (χ4v) is 2.35. The lowest BCUT2D eigenvalue weighted by atomic mass is 10.1. The maximum Gasteiger partial charge on any atom is 0.252 e. The quantitative estimate of drug-likeness (QED) is 0.431. The molecule has 8 heteroatoms. The van der Waals surface area contributed by atoms with Crippen LogP contribution in [-0.4, -0.2) is 28.3 Å². The van der Waals surface area contributed by atoms with Crippen molar-refractivity contribution in [2.24, 2.45) is 5.10 Å². The summed E-state index contributed by atoms with van der Waals surface area (Å²) in [6, 6.07) is 8.77. The molecule has 3 rings (SSSR count). The fraction of sp³-hybridized carbons (Fsp3) is 0.125. The molecule has 0 aliphatic heterocycles. The van der Waals surface area contributed by atoms with E-state index in [0.717, 1.165) is 16.7 Å². The topological polar surface area (TPSA) is 92.3 Å². The molecule has 0 spiro atoms. The van der Waals surface area contributed by atoms with Crippen molar-refractivity contribution >= 4 is 34.7 Å². The van der Waals surface area contributed by atoms with Crippen molar-refractivity contribution in [3.63, 3.8) is 0 Å². The maximum absolute atomic E-state index is 11.4. The van der Waals surface area contributed by atoms with Gasteiger partial charge < -0.3 is 4.74 Å². The molecule has 24 heavy (non-hydrogen) atoms. The number of fused-ring (bicyclic) bond motifs is 1. The summed E-state index contributed by atoms with van der Waals surface area (Å²) in [6.45, 7) is 1.72. The number of ether oxygens (including phenoxy) is 1. The summed E-state index contributed by atoms with van der Waals surface area (Å²) in [5.74, 6) is 0.983. The first-order valence-electron chi connectivity index (χ1n) is 7.06. The number of methoxy groups -OCH3 is 1. The molecule has 122 valence electrons. The van der Waals surface area contributed by atoms with Crippen LogP contribution in [0.1, 0.15) is 11.3 Å². The van der Waals surface area contributed by atoms with E-state index >= 15 is 0 Å². The number of pyridine rings is 1. The number of aromatic amines is 1. The molecule has 0 amide bonds. The smallest absolute Gasteiger partial charge is 0.252 e. The molecule has 2 N–H and O–H groups in total. The fourth-order valence-electron chi connectivity index (χ4n) is 2.16. The Hall–Kier alpha value is -2.93. The van der Waals surface area contributed by atoms with Crippen molar-refractivity contribution in [3.05, 3.63) is 57.1 Å². The molecule has 3 aromatic rings. The Morgan fingerprint density at radius 1 is 1.29 bits per heavy atom. The van der Waals surface area contributed by atoms with E-state index in [1.165, 1.54) is 12.3 Å². The van der Waals surface area contributed by atoms with Crippen LogP contribution in [0.15, 0.2) is 40.2 Å². The van der Waals surface area contributed by atoms with Crippen LogP contribution in [0.3, 0.4) is 0 Å². The molecular formula is C16H14ClN5O2. The number of benzene rings is 1. The predicted molar refractivity (Wildman–Crippen MR) is 94.1 cm³/mol. The number of rotatable bonds is 4. The number of aromatic nitrogens is 3. The van der Waals surface area contributed by atoms with E-state index in [4.69, 9.17) is 16.3 Å². The van der Waals surface area contributed by atoms with Crippen LogP contribution in [0.5, 0.6) is 5.75 Å². The van der Waals surface area contributed by atoms with Gasteiger partial charge in [0.1, 0.15) is 10.9 Å². The number of nitrogens with one attached hydrogen (secondary N) is 2. The Bertz CT molecular complexity index is 984. The van der Waals surface area contributed by atoms with Crippen LogP contribution in [0.2, 0.25) is 5.15 Å². The van der Waals surface area contributed by atoms with Gasteiger partial charge in [0.05, 0.1) is 18.8 Å². The second kappa shape index (κ2) is 6.67. The van der Waals surface area contributed by atoms with Crippen LogP contribution in [0.25, 0.3) is 10.9 Å². The number of halogens is 1. The molecule has 0 saturated carbocycles.